The van der Waals surface area contributed by atoms with Crippen LogP contribution in [0.2, 0.25) is 0 Å². The van der Waals surface area contributed by atoms with Gasteiger partial charge in [-0.25, -0.2) is 4.98 Å². The average Bonchev–Trinajstić information content (AvgIpc) is 2.46. The van der Waals surface area contributed by atoms with Gasteiger partial charge in [-0.1, -0.05) is 48.5 Å². The van der Waals surface area contributed by atoms with E-state index < -0.39 is 0 Å². The first-order valence-corrected chi connectivity index (χ1v) is 6.43. The molecule has 1 N–H and O–H groups in total. The fourth-order valence-corrected chi connectivity index (χ4v) is 2.41. The molecule has 3 rings (SSSR count). The third kappa shape index (κ3) is 2.06. The van der Waals surface area contributed by atoms with Crippen LogP contribution in [0.25, 0.3) is 22.0 Å². The number of fused-ring (bicyclic) bond motifs is 1. The van der Waals surface area contributed by atoms with Crippen LogP contribution in [0.4, 0.5) is 5.82 Å². The number of pyridine rings is 1. The summed E-state index contributed by atoms with van der Waals surface area (Å²) in [6, 6.07) is 18.9. The number of aryl methyl sites for hydroxylation is 1. The van der Waals surface area contributed by atoms with Crippen molar-refractivity contribution >= 4 is 16.7 Å². The van der Waals surface area contributed by atoms with E-state index in [9.17, 15) is 0 Å². The third-order valence-electron chi connectivity index (χ3n) is 3.36. The zero-order chi connectivity index (χ0) is 13.2. The molecular weight excluding hydrogens is 232 g/mol. The van der Waals surface area contributed by atoms with E-state index in [4.69, 9.17) is 4.98 Å². The molecule has 0 aliphatic carbocycles. The standard InChI is InChI=1S/C17H16N2/c1-12-11-14-9-6-10-15(13-7-4-3-5-8-13)16(14)19-17(12)18-2/h3-11H,1-2H3,(H,18,19). The van der Waals surface area contributed by atoms with Crippen molar-refractivity contribution in [2.75, 3.05) is 12.4 Å². The van der Waals surface area contributed by atoms with E-state index in [1.165, 1.54) is 22.1 Å². The summed E-state index contributed by atoms with van der Waals surface area (Å²) < 4.78 is 0. The van der Waals surface area contributed by atoms with Crippen molar-refractivity contribution in [1.29, 1.82) is 0 Å². The van der Waals surface area contributed by atoms with Crippen molar-refractivity contribution in [3.63, 3.8) is 0 Å². The van der Waals surface area contributed by atoms with Gasteiger partial charge < -0.3 is 5.32 Å². The molecule has 0 atom stereocenters. The number of rotatable bonds is 2. The Morgan fingerprint density at radius 1 is 0.947 bits per heavy atom. The number of hydrogen-bond acceptors (Lipinski definition) is 2. The predicted octanol–water partition coefficient (Wildman–Crippen LogP) is 4.25. The number of anilines is 1. The van der Waals surface area contributed by atoms with Crippen molar-refractivity contribution < 1.29 is 0 Å². The number of nitrogens with one attached hydrogen (secondary N) is 1. The SMILES string of the molecule is CNc1nc2c(-c3ccccc3)cccc2cc1C. The molecule has 0 fully saturated rings. The van der Waals surface area contributed by atoms with Gasteiger partial charge in [-0.2, -0.15) is 0 Å². The number of hydrogen-bond donors (Lipinski definition) is 1. The van der Waals surface area contributed by atoms with Crippen LogP contribution in [0, 0.1) is 6.92 Å². The lowest BCUT2D eigenvalue weighted by Gasteiger charge is -2.10. The molecule has 19 heavy (non-hydrogen) atoms. The van der Waals surface area contributed by atoms with Gasteiger partial charge in [-0.15, -0.1) is 0 Å². The minimum absolute atomic E-state index is 0.941. The molecule has 0 spiro atoms. The second kappa shape index (κ2) is 4.73. The molecule has 0 unspecified atom stereocenters. The van der Waals surface area contributed by atoms with Gasteiger partial charge in [-0.3, -0.25) is 0 Å². The van der Waals surface area contributed by atoms with Crippen LogP contribution in [0.3, 0.4) is 0 Å². The Bertz CT molecular complexity index is 718. The van der Waals surface area contributed by atoms with Gasteiger partial charge in [0.1, 0.15) is 5.82 Å². The minimum Gasteiger partial charge on any atom is -0.373 e. The quantitative estimate of drug-likeness (QED) is 0.733. The maximum absolute atomic E-state index is 4.76. The van der Waals surface area contributed by atoms with Gasteiger partial charge >= 0.3 is 0 Å². The first-order valence-electron chi connectivity index (χ1n) is 6.43. The first kappa shape index (κ1) is 11.7. The highest BCUT2D eigenvalue weighted by atomic mass is 15.0. The van der Waals surface area contributed by atoms with Crippen LogP contribution in [-0.4, -0.2) is 12.0 Å². The van der Waals surface area contributed by atoms with Gasteiger partial charge in [0.15, 0.2) is 0 Å². The summed E-state index contributed by atoms with van der Waals surface area (Å²) in [6.07, 6.45) is 0. The van der Waals surface area contributed by atoms with Crippen molar-refractivity contribution in [3.05, 3.63) is 60.2 Å². The van der Waals surface area contributed by atoms with E-state index in [-0.39, 0.29) is 0 Å². The molecule has 94 valence electrons. The topological polar surface area (TPSA) is 24.9 Å². The number of para-hydroxylation sites is 1. The average molecular weight is 248 g/mol. The van der Waals surface area contributed by atoms with Crippen LogP contribution in [0.1, 0.15) is 5.56 Å². The molecule has 3 aromatic rings. The van der Waals surface area contributed by atoms with Crippen molar-refractivity contribution in [3.8, 4) is 11.1 Å². The van der Waals surface area contributed by atoms with Gasteiger partial charge in [0.25, 0.3) is 0 Å². The fourth-order valence-electron chi connectivity index (χ4n) is 2.41. The highest BCUT2D eigenvalue weighted by Gasteiger charge is 2.07. The normalized spacial score (nSPS) is 10.6. The molecule has 0 aliphatic rings. The summed E-state index contributed by atoms with van der Waals surface area (Å²) in [4.78, 5) is 4.76. The highest BCUT2D eigenvalue weighted by Crippen LogP contribution is 2.29. The Hall–Kier alpha value is -2.35. The maximum atomic E-state index is 4.76. The van der Waals surface area contributed by atoms with Crippen LogP contribution in [0.5, 0.6) is 0 Å². The molecule has 2 nitrogen and oxygen atoms in total. The second-order valence-corrected chi connectivity index (χ2v) is 4.65. The zero-order valence-corrected chi connectivity index (χ0v) is 11.1. The molecular formula is C17H16N2. The lowest BCUT2D eigenvalue weighted by molar-refractivity contribution is 1.29. The van der Waals surface area contributed by atoms with E-state index >= 15 is 0 Å². The van der Waals surface area contributed by atoms with Crippen LogP contribution in [-0.2, 0) is 0 Å². The molecule has 0 saturated heterocycles. The molecule has 0 bridgehead atoms. The zero-order valence-electron chi connectivity index (χ0n) is 11.1. The summed E-state index contributed by atoms with van der Waals surface area (Å²) in [5.41, 5.74) is 4.59. The summed E-state index contributed by atoms with van der Waals surface area (Å²) in [5.74, 6) is 0.941. The Morgan fingerprint density at radius 3 is 2.47 bits per heavy atom. The molecule has 0 radical (unpaired) electrons. The van der Waals surface area contributed by atoms with Crippen molar-refractivity contribution in [2.24, 2.45) is 0 Å². The van der Waals surface area contributed by atoms with Gasteiger partial charge in [0, 0.05) is 18.0 Å². The summed E-state index contributed by atoms with van der Waals surface area (Å²) in [6.45, 7) is 2.08. The molecule has 2 heteroatoms. The maximum Gasteiger partial charge on any atom is 0.129 e. The molecule has 0 aliphatic heterocycles. The van der Waals surface area contributed by atoms with Crippen molar-refractivity contribution in [1.82, 2.24) is 4.98 Å². The number of aromatic nitrogens is 1. The summed E-state index contributed by atoms with van der Waals surface area (Å²) in [7, 11) is 1.91. The van der Waals surface area contributed by atoms with E-state index in [1.807, 2.05) is 13.1 Å². The van der Waals surface area contributed by atoms with Crippen LogP contribution in [0.15, 0.2) is 54.6 Å². The van der Waals surface area contributed by atoms with E-state index in [1.54, 1.807) is 0 Å². The minimum atomic E-state index is 0.941. The number of benzene rings is 2. The van der Waals surface area contributed by atoms with Gasteiger partial charge in [0.2, 0.25) is 0 Å². The Balaban J connectivity index is 2.31. The summed E-state index contributed by atoms with van der Waals surface area (Å²) >= 11 is 0. The Morgan fingerprint density at radius 2 is 1.74 bits per heavy atom. The van der Waals surface area contributed by atoms with Crippen molar-refractivity contribution in [2.45, 2.75) is 6.92 Å². The fraction of sp³-hybridized carbons (Fsp3) is 0.118. The van der Waals surface area contributed by atoms with Gasteiger partial charge in [0.05, 0.1) is 5.52 Å². The predicted molar refractivity (Wildman–Crippen MR) is 81.5 cm³/mol. The van der Waals surface area contributed by atoms with E-state index in [2.05, 4.69) is 60.8 Å². The Kier molecular flexibility index (Phi) is 2.92. The van der Waals surface area contributed by atoms with E-state index in [0.29, 0.717) is 0 Å². The lowest BCUT2D eigenvalue weighted by Crippen LogP contribution is -1.96. The Labute approximate surface area is 113 Å². The molecule has 0 saturated carbocycles. The monoisotopic (exact) mass is 248 g/mol. The lowest BCUT2D eigenvalue weighted by atomic mass is 10.0. The molecule has 0 amide bonds. The largest absolute Gasteiger partial charge is 0.373 e. The van der Waals surface area contributed by atoms with Gasteiger partial charge in [-0.05, 0) is 24.1 Å². The molecule has 2 aromatic carbocycles. The highest BCUT2D eigenvalue weighted by molar-refractivity contribution is 5.95. The number of nitrogens with zero attached hydrogens (tertiary/aromatic N) is 1. The molecule has 1 aromatic heterocycles. The van der Waals surface area contributed by atoms with E-state index in [0.717, 1.165) is 11.3 Å². The molecule has 1 heterocycles. The first-order chi connectivity index (χ1) is 9.29. The third-order valence-corrected chi connectivity index (χ3v) is 3.36. The smallest absolute Gasteiger partial charge is 0.129 e. The van der Waals surface area contributed by atoms with Crippen LogP contribution >= 0.6 is 0 Å². The second-order valence-electron chi connectivity index (χ2n) is 4.65. The summed E-state index contributed by atoms with van der Waals surface area (Å²) in [5, 5.41) is 4.33. The van der Waals surface area contributed by atoms with Crippen LogP contribution < -0.4 is 5.32 Å².